The number of ketones is 1. The lowest BCUT2D eigenvalue weighted by Gasteiger charge is -2.00. The molecule has 0 atom stereocenters. The first-order chi connectivity index (χ1) is 8.74. The number of nitrogens with zero attached hydrogens (tertiary/aromatic N) is 3. The lowest BCUT2D eigenvalue weighted by Crippen LogP contribution is -2.12. The van der Waals surface area contributed by atoms with Crippen LogP contribution in [0, 0.1) is 0 Å². The fourth-order valence-corrected chi connectivity index (χ4v) is 1.75. The van der Waals surface area contributed by atoms with Gasteiger partial charge in [-0.2, -0.15) is 0 Å². The number of benzene rings is 1. The summed E-state index contributed by atoms with van der Waals surface area (Å²) in [5, 5.41) is 5.91. The maximum absolute atomic E-state index is 11.6. The standard InChI is InChI=1S/C12H10N4O2/c13-16-14-7-2-1-4-8-5-3-6-9-10(8)11(17)12(18)15-9/h1,3-6H,2,7H2,(H,15,17,18). The molecular formula is C12H10N4O2. The molecule has 1 aliphatic heterocycles. The number of hydrogen-bond donors (Lipinski definition) is 1. The Balaban J connectivity index is 2.21. The number of Topliss-reactive ketones (excluding diaryl/α,β-unsaturated/α-hetero) is 1. The van der Waals surface area contributed by atoms with Gasteiger partial charge in [0.25, 0.3) is 11.7 Å². The molecule has 1 aromatic rings. The van der Waals surface area contributed by atoms with E-state index in [1.54, 1.807) is 30.4 Å². The largest absolute Gasteiger partial charge is 0.318 e. The highest BCUT2D eigenvalue weighted by molar-refractivity contribution is 6.52. The average molecular weight is 242 g/mol. The molecule has 0 radical (unpaired) electrons. The van der Waals surface area contributed by atoms with Crippen molar-refractivity contribution in [2.45, 2.75) is 6.42 Å². The van der Waals surface area contributed by atoms with Gasteiger partial charge in [0.1, 0.15) is 0 Å². The Hall–Kier alpha value is -2.59. The van der Waals surface area contributed by atoms with Crippen LogP contribution in [0.2, 0.25) is 0 Å². The molecule has 6 nitrogen and oxygen atoms in total. The first kappa shape index (κ1) is 11.9. The first-order valence-corrected chi connectivity index (χ1v) is 5.40. The normalized spacial score (nSPS) is 13.3. The molecule has 1 N–H and O–H groups in total. The van der Waals surface area contributed by atoms with Crippen LogP contribution in [-0.4, -0.2) is 18.2 Å². The molecule has 0 saturated heterocycles. The highest BCUT2D eigenvalue weighted by Crippen LogP contribution is 2.27. The Labute approximate surface area is 103 Å². The summed E-state index contributed by atoms with van der Waals surface area (Å²) in [6.45, 7) is 0.368. The van der Waals surface area contributed by atoms with Crippen molar-refractivity contribution in [3.63, 3.8) is 0 Å². The van der Waals surface area contributed by atoms with Crippen molar-refractivity contribution in [3.8, 4) is 0 Å². The maximum atomic E-state index is 11.6. The van der Waals surface area contributed by atoms with Gasteiger partial charge >= 0.3 is 0 Å². The number of hydrogen-bond acceptors (Lipinski definition) is 3. The van der Waals surface area contributed by atoms with Gasteiger partial charge in [0.15, 0.2) is 0 Å². The average Bonchev–Trinajstić information content (AvgIpc) is 2.66. The zero-order valence-electron chi connectivity index (χ0n) is 9.46. The Morgan fingerprint density at radius 1 is 1.39 bits per heavy atom. The van der Waals surface area contributed by atoms with Crippen LogP contribution in [-0.2, 0) is 4.79 Å². The number of rotatable bonds is 4. The summed E-state index contributed by atoms with van der Waals surface area (Å²) in [4.78, 5) is 25.5. The van der Waals surface area contributed by atoms with Gasteiger partial charge in [-0.25, -0.2) is 0 Å². The van der Waals surface area contributed by atoms with E-state index < -0.39 is 11.7 Å². The maximum Gasteiger partial charge on any atom is 0.296 e. The summed E-state index contributed by atoms with van der Waals surface area (Å²) in [6, 6.07) is 5.22. The molecule has 0 fully saturated rings. The quantitative estimate of drug-likeness (QED) is 0.288. The van der Waals surface area contributed by atoms with Crippen molar-refractivity contribution in [3.05, 3.63) is 45.8 Å². The molecule has 0 aliphatic carbocycles. The third-order valence-electron chi connectivity index (χ3n) is 2.53. The fraction of sp³-hybridized carbons (Fsp3) is 0.167. The van der Waals surface area contributed by atoms with Crippen molar-refractivity contribution < 1.29 is 9.59 Å². The molecule has 0 unspecified atom stereocenters. The van der Waals surface area contributed by atoms with Gasteiger partial charge in [0.2, 0.25) is 0 Å². The highest BCUT2D eigenvalue weighted by Gasteiger charge is 2.29. The van der Waals surface area contributed by atoms with E-state index in [1.807, 2.05) is 0 Å². The van der Waals surface area contributed by atoms with Crippen molar-refractivity contribution >= 4 is 23.5 Å². The predicted octanol–water partition coefficient (Wildman–Crippen LogP) is 2.54. The molecule has 1 amide bonds. The first-order valence-electron chi connectivity index (χ1n) is 5.40. The van der Waals surface area contributed by atoms with E-state index in [1.165, 1.54) is 0 Å². The Morgan fingerprint density at radius 3 is 3.00 bits per heavy atom. The van der Waals surface area contributed by atoms with E-state index in [0.29, 0.717) is 29.8 Å². The van der Waals surface area contributed by atoms with Gasteiger partial charge in [-0.3, -0.25) is 9.59 Å². The van der Waals surface area contributed by atoms with Crippen LogP contribution in [0.5, 0.6) is 0 Å². The zero-order valence-corrected chi connectivity index (χ0v) is 9.46. The minimum absolute atomic E-state index is 0.368. The molecule has 0 spiro atoms. The van der Waals surface area contributed by atoms with Crippen molar-refractivity contribution in [2.75, 3.05) is 11.9 Å². The van der Waals surface area contributed by atoms with Gasteiger partial charge in [-0.05, 0) is 23.6 Å². The van der Waals surface area contributed by atoms with Crippen LogP contribution in [0.15, 0.2) is 29.4 Å². The van der Waals surface area contributed by atoms with Gasteiger partial charge in [0, 0.05) is 11.5 Å². The minimum Gasteiger partial charge on any atom is -0.318 e. The van der Waals surface area contributed by atoms with Crippen LogP contribution in [0.3, 0.4) is 0 Å². The predicted molar refractivity (Wildman–Crippen MR) is 67.1 cm³/mol. The van der Waals surface area contributed by atoms with Gasteiger partial charge in [-0.15, -0.1) is 0 Å². The molecule has 1 aromatic carbocycles. The summed E-state index contributed by atoms with van der Waals surface area (Å²) in [7, 11) is 0. The van der Waals surface area contributed by atoms with Gasteiger partial charge < -0.3 is 5.32 Å². The monoisotopic (exact) mass is 242 g/mol. The van der Waals surface area contributed by atoms with Crippen molar-refractivity contribution in [1.82, 2.24) is 0 Å². The molecule has 0 aromatic heterocycles. The van der Waals surface area contributed by atoms with Gasteiger partial charge in [-0.1, -0.05) is 29.4 Å². The van der Waals surface area contributed by atoms with E-state index >= 15 is 0 Å². The number of nitrogens with one attached hydrogen (secondary N) is 1. The van der Waals surface area contributed by atoms with E-state index in [-0.39, 0.29) is 0 Å². The molecular weight excluding hydrogens is 232 g/mol. The number of anilines is 1. The molecule has 90 valence electrons. The van der Waals surface area contributed by atoms with Crippen molar-refractivity contribution in [1.29, 1.82) is 0 Å². The van der Waals surface area contributed by atoms with Crippen LogP contribution >= 0.6 is 0 Å². The van der Waals surface area contributed by atoms with E-state index in [2.05, 4.69) is 15.3 Å². The third kappa shape index (κ3) is 2.23. The lowest BCUT2D eigenvalue weighted by atomic mass is 10.0. The highest BCUT2D eigenvalue weighted by atomic mass is 16.2. The van der Waals surface area contributed by atoms with E-state index in [9.17, 15) is 9.59 Å². The zero-order chi connectivity index (χ0) is 13.0. The second-order valence-corrected chi connectivity index (χ2v) is 3.70. The number of amides is 1. The molecule has 2 rings (SSSR count). The molecule has 1 aliphatic rings. The Morgan fingerprint density at radius 2 is 2.22 bits per heavy atom. The number of azide groups is 1. The van der Waals surface area contributed by atoms with E-state index in [4.69, 9.17) is 5.53 Å². The molecule has 6 heteroatoms. The summed E-state index contributed by atoms with van der Waals surface area (Å²) in [5.74, 6) is -1.11. The smallest absolute Gasteiger partial charge is 0.296 e. The molecule has 1 heterocycles. The Kier molecular flexibility index (Phi) is 3.41. The molecule has 0 bridgehead atoms. The number of carbonyl (C=O) groups excluding carboxylic acids is 2. The lowest BCUT2D eigenvalue weighted by molar-refractivity contribution is -0.112. The van der Waals surface area contributed by atoms with Gasteiger partial charge in [0.05, 0.1) is 11.3 Å². The molecule has 18 heavy (non-hydrogen) atoms. The van der Waals surface area contributed by atoms with Crippen LogP contribution in [0.25, 0.3) is 16.5 Å². The summed E-state index contributed by atoms with van der Waals surface area (Å²) in [5.41, 5.74) is 9.76. The minimum atomic E-state index is -0.597. The third-order valence-corrected chi connectivity index (χ3v) is 2.53. The fourth-order valence-electron chi connectivity index (χ4n) is 1.75. The second-order valence-electron chi connectivity index (χ2n) is 3.70. The van der Waals surface area contributed by atoms with Crippen molar-refractivity contribution in [2.24, 2.45) is 5.11 Å². The summed E-state index contributed by atoms with van der Waals surface area (Å²) in [6.07, 6.45) is 4.15. The number of fused-ring (bicyclic) bond motifs is 1. The molecule has 0 saturated carbocycles. The Bertz CT molecular complexity index is 586. The second kappa shape index (κ2) is 5.16. The van der Waals surface area contributed by atoms with E-state index in [0.717, 1.165) is 0 Å². The van der Waals surface area contributed by atoms with Crippen LogP contribution in [0.4, 0.5) is 5.69 Å². The SMILES string of the molecule is [N-]=[N+]=NCCC=Cc1cccc2c1C(=O)C(=O)N2. The van der Waals surface area contributed by atoms with Crippen LogP contribution in [0.1, 0.15) is 22.3 Å². The summed E-state index contributed by atoms with van der Waals surface area (Å²) >= 11 is 0. The van der Waals surface area contributed by atoms with Crippen LogP contribution < -0.4 is 5.32 Å². The summed E-state index contributed by atoms with van der Waals surface area (Å²) < 4.78 is 0. The number of carbonyl (C=O) groups is 2. The topological polar surface area (TPSA) is 94.9 Å².